The van der Waals surface area contributed by atoms with Gasteiger partial charge in [-0.3, -0.25) is 18.6 Å². The Morgan fingerprint density at radius 3 is 2.02 bits per heavy atom. The van der Waals surface area contributed by atoms with E-state index >= 15 is 0 Å². The maximum atomic E-state index is 12.6. The molecule has 12 heteroatoms. The summed E-state index contributed by atoms with van der Waals surface area (Å²) in [6.07, 6.45) is 26.3. The molecule has 1 aliphatic rings. The van der Waals surface area contributed by atoms with Crippen molar-refractivity contribution in [3.8, 4) is 0 Å². The standard InChI is InChI=1S/C39H73O11P/c1-4-6-7-8-15-20-25-36-37(50-36)26-21-16-13-18-23-28-39(43)49-35(32-48-51(44,45)47-30-34(41)29-40)31-46-38(42)27-22-17-12-10-9-11-14-19-24-33(3)5-2/h15,20,33-37,40-41H,4-14,16-19,21-32H2,1-3H3,(H,44,45)/b20-15-/t33?,34-,35+,36?,37?/m0/s1. The number of carbonyl (C=O) groups is 2. The van der Waals surface area contributed by atoms with Crippen LogP contribution in [-0.2, 0) is 37.4 Å². The van der Waals surface area contributed by atoms with Crippen LogP contribution >= 0.6 is 7.82 Å². The van der Waals surface area contributed by atoms with E-state index < -0.39 is 51.8 Å². The summed E-state index contributed by atoms with van der Waals surface area (Å²) in [5.41, 5.74) is 0. The second-order valence-corrected chi connectivity index (χ2v) is 15.7. The van der Waals surface area contributed by atoms with Crippen LogP contribution in [-0.4, -0.2) is 77.9 Å². The minimum Gasteiger partial charge on any atom is -0.462 e. The third kappa shape index (κ3) is 28.8. The summed E-state index contributed by atoms with van der Waals surface area (Å²) < 4.78 is 38.4. The molecule has 1 aliphatic heterocycles. The highest BCUT2D eigenvalue weighted by atomic mass is 31.2. The van der Waals surface area contributed by atoms with Gasteiger partial charge in [0.1, 0.15) is 12.7 Å². The Kier molecular flexibility index (Phi) is 29.0. The van der Waals surface area contributed by atoms with Crippen molar-refractivity contribution in [2.75, 3.05) is 26.4 Å². The highest BCUT2D eigenvalue weighted by Gasteiger charge is 2.36. The van der Waals surface area contributed by atoms with Gasteiger partial charge in [0, 0.05) is 12.8 Å². The Labute approximate surface area is 309 Å². The average Bonchev–Trinajstić information content (AvgIpc) is 3.87. The van der Waals surface area contributed by atoms with Gasteiger partial charge in [0.25, 0.3) is 0 Å². The molecule has 1 fully saturated rings. The highest BCUT2D eigenvalue weighted by Crippen LogP contribution is 2.43. The van der Waals surface area contributed by atoms with Gasteiger partial charge in [0.15, 0.2) is 6.10 Å². The van der Waals surface area contributed by atoms with Crippen molar-refractivity contribution in [1.82, 2.24) is 0 Å². The molecule has 11 nitrogen and oxygen atoms in total. The summed E-state index contributed by atoms with van der Waals surface area (Å²) in [7, 11) is -4.62. The second kappa shape index (κ2) is 31.1. The Bertz CT molecular complexity index is 946. The van der Waals surface area contributed by atoms with Crippen LogP contribution < -0.4 is 0 Å². The molecular weight excluding hydrogens is 675 g/mol. The van der Waals surface area contributed by atoms with E-state index in [1.54, 1.807) is 0 Å². The number of carbonyl (C=O) groups excluding carboxylic acids is 2. The van der Waals surface area contributed by atoms with Gasteiger partial charge in [-0.05, 0) is 44.4 Å². The zero-order valence-corrected chi connectivity index (χ0v) is 33.1. The smallest absolute Gasteiger partial charge is 0.462 e. The SMILES string of the molecule is CCCCC/C=C\CC1OC1CCCCCCCC(=O)O[C@H](COC(=O)CCCCCCCCCCC(C)CC)COP(=O)(O)OC[C@@H](O)CO. The first-order valence-corrected chi connectivity index (χ1v) is 21.7. The summed E-state index contributed by atoms with van der Waals surface area (Å²) in [6.45, 7) is 4.63. The number of epoxide rings is 1. The molecular formula is C39H73O11P. The maximum Gasteiger partial charge on any atom is 0.472 e. The molecule has 0 aliphatic carbocycles. The number of aliphatic hydroxyl groups is 2. The van der Waals surface area contributed by atoms with E-state index in [-0.39, 0.29) is 19.4 Å². The van der Waals surface area contributed by atoms with Gasteiger partial charge in [-0.25, -0.2) is 4.57 Å². The van der Waals surface area contributed by atoms with Crippen molar-refractivity contribution in [2.24, 2.45) is 5.92 Å². The molecule has 300 valence electrons. The number of hydrogen-bond acceptors (Lipinski definition) is 10. The van der Waals surface area contributed by atoms with Crippen LogP contribution in [0.4, 0.5) is 0 Å². The molecule has 0 aromatic carbocycles. The molecule has 1 heterocycles. The third-order valence-electron chi connectivity index (χ3n) is 9.38. The van der Waals surface area contributed by atoms with E-state index in [0.29, 0.717) is 25.0 Å². The van der Waals surface area contributed by atoms with E-state index in [0.717, 1.165) is 70.1 Å². The lowest BCUT2D eigenvalue weighted by atomic mass is 9.99. The Morgan fingerprint density at radius 2 is 1.37 bits per heavy atom. The van der Waals surface area contributed by atoms with Crippen molar-refractivity contribution < 1.29 is 52.5 Å². The fourth-order valence-electron chi connectivity index (χ4n) is 5.74. The Morgan fingerprint density at radius 1 is 0.765 bits per heavy atom. The molecule has 4 unspecified atom stereocenters. The number of unbranched alkanes of at least 4 members (excludes halogenated alkanes) is 14. The van der Waals surface area contributed by atoms with Gasteiger partial charge in [0.2, 0.25) is 0 Å². The van der Waals surface area contributed by atoms with Crippen LogP contribution in [0.3, 0.4) is 0 Å². The average molecular weight is 749 g/mol. The predicted octanol–water partition coefficient (Wildman–Crippen LogP) is 8.90. The van der Waals surface area contributed by atoms with Crippen LogP contribution in [0, 0.1) is 5.92 Å². The number of hydrogen-bond donors (Lipinski definition) is 3. The van der Waals surface area contributed by atoms with Crippen LogP contribution in [0.1, 0.15) is 168 Å². The fourth-order valence-corrected chi connectivity index (χ4v) is 6.53. The van der Waals surface area contributed by atoms with Crippen molar-refractivity contribution in [2.45, 2.75) is 193 Å². The highest BCUT2D eigenvalue weighted by molar-refractivity contribution is 7.47. The van der Waals surface area contributed by atoms with Gasteiger partial charge in [-0.1, -0.05) is 129 Å². The van der Waals surface area contributed by atoms with Crippen LogP contribution in [0.5, 0.6) is 0 Å². The minimum absolute atomic E-state index is 0.163. The molecule has 0 saturated carbocycles. The molecule has 1 saturated heterocycles. The van der Waals surface area contributed by atoms with E-state index in [2.05, 4.69) is 37.4 Å². The number of ether oxygens (including phenoxy) is 3. The molecule has 0 aromatic rings. The van der Waals surface area contributed by atoms with Gasteiger partial charge >= 0.3 is 19.8 Å². The topological polar surface area (TPSA) is 161 Å². The van der Waals surface area contributed by atoms with Gasteiger partial charge in [-0.2, -0.15) is 0 Å². The summed E-state index contributed by atoms with van der Waals surface area (Å²) >= 11 is 0. The van der Waals surface area contributed by atoms with Crippen molar-refractivity contribution in [3.63, 3.8) is 0 Å². The number of rotatable bonds is 36. The number of phosphoric ester groups is 1. The first-order valence-electron chi connectivity index (χ1n) is 20.2. The van der Waals surface area contributed by atoms with E-state index in [9.17, 15) is 24.2 Å². The number of aliphatic hydroxyl groups excluding tert-OH is 2. The molecule has 0 radical (unpaired) electrons. The van der Waals surface area contributed by atoms with Crippen molar-refractivity contribution >= 4 is 19.8 Å². The molecule has 51 heavy (non-hydrogen) atoms. The van der Waals surface area contributed by atoms with Crippen molar-refractivity contribution in [3.05, 3.63) is 12.2 Å². The normalized spacial score (nSPS) is 18.7. The summed E-state index contributed by atoms with van der Waals surface area (Å²) in [4.78, 5) is 34.9. The number of esters is 2. The summed E-state index contributed by atoms with van der Waals surface area (Å²) in [5.74, 6) is -0.134. The summed E-state index contributed by atoms with van der Waals surface area (Å²) in [6, 6.07) is 0. The van der Waals surface area contributed by atoms with Crippen LogP contribution in [0.15, 0.2) is 12.2 Å². The van der Waals surface area contributed by atoms with Crippen LogP contribution in [0.25, 0.3) is 0 Å². The molecule has 0 bridgehead atoms. The van der Waals surface area contributed by atoms with E-state index in [4.69, 9.17) is 23.8 Å². The monoisotopic (exact) mass is 748 g/mol. The molecule has 0 spiro atoms. The summed E-state index contributed by atoms with van der Waals surface area (Å²) in [5, 5.41) is 18.3. The maximum absolute atomic E-state index is 12.6. The van der Waals surface area contributed by atoms with Crippen LogP contribution in [0.2, 0.25) is 0 Å². The fraction of sp³-hybridized carbons (Fsp3) is 0.897. The lowest BCUT2D eigenvalue weighted by molar-refractivity contribution is -0.161. The lowest BCUT2D eigenvalue weighted by Crippen LogP contribution is -2.29. The van der Waals surface area contributed by atoms with Gasteiger partial charge < -0.3 is 29.3 Å². The first kappa shape index (κ1) is 47.7. The van der Waals surface area contributed by atoms with E-state index in [1.165, 1.54) is 57.8 Å². The minimum atomic E-state index is -4.62. The predicted molar refractivity (Wildman–Crippen MR) is 200 cm³/mol. The molecule has 0 aromatic heterocycles. The quantitative estimate of drug-likeness (QED) is 0.0184. The first-order chi connectivity index (χ1) is 24.6. The lowest BCUT2D eigenvalue weighted by Gasteiger charge is -2.20. The number of phosphoric acid groups is 1. The van der Waals surface area contributed by atoms with Crippen molar-refractivity contribution in [1.29, 1.82) is 0 Å². The van der Waals surface area contributed by atoms with E-state index in [1.807, 2.05) is 0 Å². The molecule has 6 atom stereocenters. The zero-order valence-electron chi connectivity index (χ0n) is 32.2. The molecule has 0 amide bonds. The van der Waals surface area contributed by atoms with Gasteiger partial charge in [-0.15, -0.1) is 0 Å². The number of allylic oxidation sites excluding steroid dienone is 1. The molecule has 3 N–H and O–H groups in total. The Balaban J connectivity index is 2.29. The largest absolute Gasteiger partial charge is 0.472 e. The third-order valence-corrected chi connectivity index (χ3v) is 10.3. The Hall–Kier alpha value is -1.33. The second-order valence-electron chi connectivity index (χ2n) is 14.3. The van der Waals surface area contributed by atoms with Gasteiger partial charge in [0.05, 0.1) is 32.0 Å². The zero-order chi connectivity index (χ0) is 37.6. The molecule has 1 rings (SSSR count).